The van der Waals surface area contributed by atoms with Crippen molar-refractivity contribution < 1.29 is 23.5 Å². The minimum atomic E-state index is -0.524. The van der Waals surface area contributed by atoms with Crippen LogP contribution in [0.25, 0.3) is 6.08 Å². The minimum absolute atomic E-state index is 0.326. The van der Waals surface area contributed by atoms with Gasteiger partial charge in [0.05, 0.1) is 19.8 Å². The number of furan rings is 1. The van der Waals surface area contributed by atoms with Gasteiger partial charge in [0.25, 0.3) is 0 Å². The number of hydrogen-bond donors (Lipinski definition) is 0. The van der Waals surface area contributed by atoms with Gasteiger partial charge in [0.15, 0.2) is 11.5 Å². The van der Waals surface area contributed by atoms with Crippen molar-refractivity contribution in [2.45, 2.75) is 6.92 Å². The van der Waals surface area contributed by atoms with Crippen LogP contribution in [0.15, 0.2) is 45.5 Å². The highest BCUT2D eigenvalue weighted by Gasteiger charge is 2.28. The molecule has 6 nitrogen and oxygen atoms in total. The fourth-order valence-electron chi connectivity index (χ4n) is 2.27. The summed E-state index contributed by atoms with van der Waals surface area (Å²) in [6, 6.07) is 8.86. The highest BCUT2D eigenvalue weighted by Crippen LogP contribution is 2.30. The van der Waals surface area contributed by atoms with Crippen molar-refractivity contribution in [1.29, 1.82) is 0 Å². The molecular weight excluding hydrogens is 298 g/mol. The normalized spacial score (nSPS) is 15.5. The molecule has 0 fully saturated rings. The molecule has 0 saturated carbocycles. The Morgan fingerprint density at radius 3 is 2.52 bits per heavy atom. The van der Waals surface area contributed by atoms with Gasteiger partial charge in [0, 0.05) is 5.56 Å². The number of rotatable bonds is 4. The summed E-state index contributed by atoms with van der Waals surface area (Å²) < 4.78 is 16.0. The molecule has 1 aromatic heterocycles. The maximum Gasteiger partial charge on any atom is 0.368 e. The smallest absolute Gasteiger partial charge is 0.368 e. The molecular formula is C17H15NO5. The van der Waals surface area contributed by atoms with Crippen LogP contribution in [-0.4, -0.2) is 25.9 Å². The largest absolute Gasteiger partial charge is 0.493 e. The summed E-state index contributed by atoms with van der Waals surface area (Å²) in [5.41, 5.74) is 1.43. The van der Waals surface area contributed by atoms with Crippen LogP contribution in [0, 0.1) is 6.92 Å². The Morgan fingerprint density at radius 1 is 1.09 bits per heavy atom. The summed E-state index contributed by atoms with van der Waals surface area (Å²) in [4.78, 5) is 16.8. The van der Waals surface area contributed by atoms with Gasteiger partial charge in [-0.1, -0.05) is 5.16 Å². The highest BCUT2D eigenvalue weighted by molar-refractivity contribution is 6.31. The van der Waals surface area contributed by atoms with Gasteiger partial charge >= 0.3 is 5.97 Å². The van der Waals surface area contributed by atoms with Crippen LogP contribution in [0.4, 0.5) is 0 Å². The second-order valence-electron chi connectivity index (χ2n) is 4.89. The van der Waals surface area contributed by atoms with Gasteiger partial charge in [-0.15, -0.1) is 0 Å². The standard InChI is InChI=1S/C17H15NO5/c1-10-4-6-12(22-10)9-13-16(18-23-17(13)19)11-5-7-14(20-2)15(8-11)21-3/h4-9H,1-3H3/b13-9+. The molecule has 6 heteroatoms. The third kappa shape index (κ3) is 2.83. The summed E-state index contributed by atoms with van der Waals surface area (Å²) in [7, 11) is 3.10. The van der Waals surface area contributed by atoms with E-state index in [1.165, 1.54) is 0 Å². The number of benzene rings is 1. The van der Waals surface area contributed by atoms with Crippen molar-refractivity contribution in [3.63, 3.8) is 0 Å². The third-order valence-corrected chi connectivity index (χ3v) is 3.40. The number of oxime groups is 1. The lowest BCUT2D eigenvalue weighted by atomic mass is 10.0. The van der Waals surface area contributed by atoms with Gasteiger partial charge in [-0.2, -0.15) is 0 Å². The molecule has 0 unspecified atom stereocenters. The zero-order chi connectivity index (χ0) is 16.4. The second kappa shape index (κ2) is 6.00. The maximum atomic E-state index is 11.9. The first-order valence-corrected chi connectivity index (χ1v) is 6.92. The van der Waals surface area contributed by atoms with Crippen molar-refractivity contribution in [2.75, 3.05) is 14.2 Å². The zero-order valence-electron chi connectivity index (χ0n) is 13.0. The average Bonchev–Trinajstić information content (AvgIpc) is 3.13. The SMILES string of the molecule is COc1ccc(C2=NOC(=O)/C2=C/c2ccc(C)o2)cc1OC. The van der Waals surface area contributed by atoms with Crippen LogP contribution >= 0.6 is 0 Å². The molecule has 0 amide bonds. The molecule has 3 rings (SSSR count). The van der Waals surface area contributed by atoms with Crippen LogP contribution < -0.4 is 9.47 Å². The number of carbonyl (C=O) groups is 1. The predicted octanol–water partition coefficient (Wildman–Crippen LogP) is 2.95. The quantitative estimate of drug-likeness (QED) is 0.641. The van der Waals surface area contributed by atoms with E-state index < -0.39 is 5.97 Å². The first-order chi connectivity index (χ1) is 11.1. The lowest BCUT2D eigenvalue weighted by Crippen LogP contribution is -2.07. The van der Waals surface area contributed by atoms with Crippen LogP contribution in [0.5, 0.6) is 11.5 Å². The van der Waals surface area contributed by atoms with Gasteiger partial charge < -0.3 is 18.7 Å². The molecule has 0 N–H and O–H groups in total. The topological polar surface area (TPSA) is 70.3 Å². The summed E-state index contributed by atoms with van der Waals surface area (Å²) in [5, 5.41) is 3.86. The van der Waals surface area contributed by atoms with Crippen molar-refractivity contribution in [3.8, 4) is 11.5 Å². The summed E-state index contributed by atoms with van der Waals surface area (Å²) in [6.07, 6.45) is 1.61. The first-order valence-electron chi connectivity index (χ1n) is 6.92. The van der Waals surface area contributed by atoms with Gasteiger partial charge in [-0.25, -0.2) is 4.79 Å². The number of methoxy groups -OCH3 is 2. The lowest BCUT2D eigenvalue weighted by molar-refractivity contribution is -0.136. The van der Waals surface area contributed by atoms with Crippen LogP contribution in [0.1, 0.15) is 17.1 Å². The molecule has 0 aliphatic carbocycles. The molecule has 1 aromatic carbocycles. The fraction of sp³-hybridized carbons (Fsp3) is 0.176. The van der Waals surface area contributed by atoms with Crippen molar-refractivity contribution in [3.05, 3.63) is 53.0 Å². The molecule has 0 atom stereocenters. The van der Waals surface area contributed by atoms with Crippen molar-refractivity contribution >= 4 is 17.8 Å². The van der Waals surface area contributed by atoms with Crippen LogP contribution in [0.2, 0.25) is 0 Å². The molecule has 23 heavy (non-hydrogen) atoms. The monoisotopic (exact) mass is 313 g/mol. The highest BCUT2D eigenvalue weighted by atomic mass is 16.7. The Kier molecular flexibility index (Phi) is 3.89. The molecule has 2 aromatic rings. The Morgan fingerprint density at radius 2 is 1.87 bits per heavy atom. The van der Waals surface area contributed by atoms with E-state index in [-0.39, 0.29) is 0 Å². The third-order valence-electron chi connectivity index (χ3n) is 3.40. The number of aryl methyl sites for hydroxylation is 1. The van der Waals surface area contributed by atoms with E-state index in [2.05, 4.69) is 5.16 Å². The van der Waals surface area contributed by atoms with Crippen LogP contribution in [-0.2, 0) is 9.63 Å². The number of nitrogens with zero attached hydrogens (tertiary/aromatic N) is 1. The molecule has 1 aliphatic rings. The van der Waals surface area contributed by atoms with Gasteiger partial charge in [0.1, 0.15) is 17.2 Å². The fourth-order valence-corrected chi connectivity index (χ4v) is 2.27. The van der Waals surface area contributed by atoms with Crippen molar-refractivity contribution in [2.24, 2.45) is 5.16 Å². The van der Waals surface area contributed by atoms with E-state index in [1.54, 1.807) is 44.6 Å². The molecule has 0 radical (unpaired) electrons. The number of carbonyl (C=O) groups excluding carboxylic acids is 1. The number of ether oxygens (including phenoxy) is 2. The van der Waals surface area contributed by atoms with Gasteiger partial charge in [0.2, 0.25) is 0 Å². The Balaban J connectivity index is 2.01. The average molecular weight is 313 g/mol. The molecule has 2 heterocycles. The van der Waals surface area contributed by atoms with E-state index in [0.717, 1.165) is 5.76 Å². The summed E-state index contributed by atoms with van der Waals surface area (Å²) in [6.45, 7) is 1.83. The second-order valence-corrected chi connectivity index (χ2v) is 4.89. The van der Waals surface area contributed by atoms with E-state index in [0.29, 0.717) is 34.1 Å². The summed E-state index contributed by atoms with van der Waals surface area (Å²) >= 11 is 0. The molecule has 1 aliphatic heterocycles. The van der Waals surface area contributed by atoms with Crippen LogP contribution in [0.3, 0.4) is 0 Å². The maximum absolute atomic E-state index is 11.9. The van der Waals surface area contributed by atoms with E-state index >= 15 is 0 Å². The van der Waals surface area contributed by atoms with E-state index in [9.17, 15) is 4.79 Å². The zero-order valence-corrected chi connectivity index (χ0v) is 13.0. The van der Waals surface area contributed by atoms with E-state index in [4.69, 9.17) is 18.7 Å². The lowest BCUT2D eigenvalue weighted by Gasteiger charge is -2.09. The first kappa shape index (κ1) is 14.9. The summed E-state index contributed by atoms with van der Waals surface area (Å²) in [5.74, 6) is 1.93. The molecule has 0 spiro atoms. The molecule has 0 bridgehead atoms. The Bertz CT molecular complexity index is 816. The predicted molar refractivity (Wildman–Crippen MR) is 83.6 cm³/mol. The van der Waals surface area contributed by atoms with Crippen molar-refractivity contribution in [1.82, 2.24) is 0 Å². The molecule has 118 valence electrons. The number of hydrogen-bond acceptors (Lipinski definition) is 6. The van der Waals surface area contributed by atoms with Gasteiger partial charge in [-0.05, 0) is 43.3 Å². The molecule has 0 saturated heterocycles. The Hall–Kier alpha value is -3.02. The Labute approximate surface area is 132 Å². The van der Waals surface area contributed by atoms with E-state index in [1.807, 2.05) is 13.0 Å². The van der Waals surface area contributed by atoms with Gasteiger partial charge in [-0.3, -0.25) is 0 Å². The minimum Gasteiger partial charge on any atom is -0.493 e.